The van der Waals surface area contributed by atoms with Gasteiger partial charge < -0.3 is 0 Å². The van der Waals surface area contributed by atoms with E-state index in [0.717, 1.165) is 0 Å². The Hall–Kier alpha value is 0.380. The van der Waals surface area contributed by atoms with Crippen LogP contribution in [-0.2, 0) is 0 Å². The molecular weight excluding hydrogens is 104 g/mol. The lowest BCUT2D eigenvalue weighted by Gasteiger charge is -1.62. The highest BCUT2D eigenvalue weighted by Crippen LogP contribution is 2.05. The quantitative estimate of drug-likeness (QED) is 0.497. The molecular formula is C3H5ClS. The second-order valence-corrected chi connectivity index (χ2v) is 1.54. The molecule has 5 heavy (non-hydrogen) atoms. The summed E-state index contributed by atoms with van der Waals surface area (Å²) in [6.07, 6.45) is 1.89. The fraction of sp³-hybridized carbons (Fsp3) is 0.333. The van der Waals surface area contributed by atoms with Crippen LogP contribution in [0.2, 0.25) is 0 Å². The number of hydrogen-bond donors (Lipinski definition) is 0. The molecule has 0 unspecified atom stereocenters. The number of rotatable bonds is 1. The predicted molar refractivity (Wildman–Crippen MR) is 28.3 cm³/mol. The second-order valence-electron chi connectivity index (χ2n) is 0.559. The van der Waals surface area contributed by atoms with Crippen molar-refractivity contribution in [3.05, 3.63) is 11.5 Å². The van der Waals surface area contributed by atoms with E-state index >= 15 is 0 Å². The molecule has 0 saturated carbocycles. The Kier molecular flexibility index (Phi) is 4.71. The Morgan fingerprint density at radius 1 is 1.80 bits per heavy atom. The Bertz CT molecular complexity index is 33.9. The summed E-state index contributed by atoms with van der Waals surface area (Å²) in [6.45, 7) is 1.93. The third-order valence-electron chi connectivity index (χ3n) is 0.188. The van der Waals surface area contributed by atoms with Gasteiger partial charge in [-0.25, -0.2) is 0 Å². The van der Waals surface area contributed by atoms with E-state index in [9.17, 15) is 0 Å². The molecule has 0 atom stereocenters. The summed E-state index contributed by atoms with van der Waals surface area (Å²) in [4.78, 5) is 0. The highest BCUT2D eigenvalue weighted by molar-refractivity contribution is 8.23. The van der Waals surface area contributed by atoms with E-state index < -0.39 is 0 Å². The fourth-order valence-electron chi connectivity index (χ4n) is 0.0514. The van der Waals surface area contributed by atoms with Crippen molar-refractivity contribution in [3.8, 4) is 0 Å². The lowest BCUT2D eigenvalue weighted by atomic mass is 10.8. The van der Waals surface area contributed by atoms with Gasteiger partial charge in [-0.3, -0.25) is 0 Å². The van der Waals surface area contributed by atoms with Gasteiger partial charge in [0.25, 0.3) is 0 Å². The van der Waals surface area contributed by atoms with Crippen molar-refractivity contribution >= 4 is 21.7 Å². The average molecular weight is 109 g/mol. The van der Waals surface area contributed by atoms with Crippen LogP contribution >= 0.6 is 21.7 Å². The minimum absolute atomic E-state index is 1.19. The molecule has 0 N–H and O–H groups in total. The van der Waals surface area contributed by atoms with E-state index in [1.165, 1.54) is 11.0 Å². The van der Waals surface area contributed by atoms with Crippen LogP contribution in [0.25, 0.3) is 0 Å². The molecule has 0 rings (SSSR count). The minimum atomic E-state index is 1.19. The molecule has 0 aromatic rings. The summed E-state index contributed by atoms with van der Waals surface area (Å²) in [5.74, 6) is 0. The molecule has 0 amide bonds. The van der Waals surface area contributed by atoms with Crippen molar-refractivity contribution in [2.24, 2.45) is 0 Å². The summed E-state index contributed by atoms with van der Waals surface area (Å²) in [7, 11) is 6.32. The van der Waals surface area contributed by atoms with Crippen molar-refractivity contribution in [2.75, 3.05) is 0 Å². The van der Waals surface area contributed by atoms with Gasteiger partial charge in [-0.05, 0) is 34.0 Å². The molecule has 0 aliphatic heterocycles. The van der Waals surface area contributed by atoms with Gasteiger partial charge in [0.15, 0.2) is 0 Å². The normalized spacial score (nSPS) is 10.0. The predicted octanol–water partition coefficient (Wildman–Crippen LogP) is 2.41. The van der Waals surface area contributed by atoms with Crippen LogP contribution in [0.3, 0.4) is 0 Å². The molecule has 0 saturated heterocycles. The Labute approximate surface area is 40.7 Å². The van der Waals surface area contributed by atoms with E-state index in [1.807, 2.05) is 18.4 Å². The van der Waals surface area contributed by atoms with Gasteiger partial charge in [0.2, 0.25) is 0 Å². The van der Waals surface area contributed by atoms with Gasteiger partial charge in [-0.2, -0.15) is 0 Å². The maximum Gasteiger partial charge on any atom is -0.0174 e. The fourth-order valence-corrected chi connectivity index (χ4v) is 0.463. The molecule has 0 bridgehead atoms. The first-order valence-electron chi connectivity index (χ1n) is 1.30. The van der Waals surface area contributed by atoms with Gasteiger partial charge >= 0.3 is 0 Å². The second kappa shape index (κ2) is 4.38. The lowest BCUT2D eigenvalue weighted by Crippen LogP contribution is -1.26. The Morgan fingerprint density at radius 3 is 2.40 bits per heavy atom. The van der Waals surface area contributed by atoms with Crippen LogP contribution in [0.1, 0.15) is 6.92 Å². The number of halogens is 1. The summed E-state index contributed by atoms with van der Waals surface area (Å²) < 4.78 is 0. The molecule has 30 valence electrons. The van der Waals surface area contributed by atoms with E-state index in [4.69, 9.17) is 10.7 Å². The van der Waals surface area contributed by atoms with Crippen molar-refractivity contribution in [2.45, 2.75) is 6.92 Å². The maximum atomic E-state index is 5.13. The van der Waals surface area contributed by atoms with Crippen molar-refractivity contribution < 1.29 is 0 Å². The SMILES string of the molecule is C/C=C/SCl. The molecule has 0 aliphatic rings. The van der Waals surface area contributed by atoms with Gasteiger partial charge in [0.05, 0.1) is 0 Å². The van der Waals surface area contributed by atoms with E-state index in [0.29, 0.717) is 0 Å². The molecule has 0 aliphatic carbocycles. The highest BCUT2D eigenvalue weighted by atomic mass is 35.7. The van der Waals surface area contributed by atoms with Crippen LogP contribution in [0, 0.1) is 0 Å². The monoisotopic (exact) mass is 108 g/mol. The summed E-state index contributed by atoms with van der Waals surface area (Å²) in [6, 6.07) is 0. The lowest BCUT2D eigenvalue weighted by molar-refractivity contribution is 1.79. The van der Waals surface area contributed by atoms with Crippen LogP contribution in [-0.4, -0.2) is 0 Å². The van der Waals surface area contributed by atoms with Gasteiger partial charge in [0.1, 0.15) is 0 Å². The molecule has 0 aromatic heterocycles. The first kappa shape index (κ1) is 5.38. The summed E-state index contributed by atoms with van der Waals surface area (Å²) in [5.41, 5.74) is 0. The summed E-state index contributed by atoms with van der Waals surface area (Å²) >= 11 is 0. The highest BCUT2D eigenvalue weighted by Gasteiger charge is 1.55. The molecule has 0 nitrogen and oxygen atoms in total. The third-order valence-corrected chi connectivity index (χ3v) is 0.871. The van der Waals surface area contributed by atoms with E-state index in [-0.39, 0.29) is 0 Å². The third kappa shape index (κ3) is 4.38. The summed E-state index contributed by atoms with van der Waals surface area (Å²) in [5, 5.41) is 1.81. The minimum Gasteiger partial charge on any atom is -0.0801 e. The van der Waals surface area contributed by atoms with E-state index in [1.54, 1.807) is 0 Å². The molecule has 0 radical (unpaired) electrons. The Balaban J connectivity index is 2.62. The smallest absolute Gasteiger partial charge is 0.0174 e. The molecule has 0 aromatic carbocycles. The molecule has 2 heteroatoms. The van der Waals surface area contributed by atoms with Crippen LogP contribution in [0.15, 0.2) is 11.5 Å². The van der Waals surface area contributed by atoms with Gasteiger partial charge in [-0.1, -0.05) is 6.08 Å². The molecule has 0 fully saturated rings. The first-order chi connectivity index (χ1) is 2.41. The standard InChI is InChI=1S/C3H5ClS/c1-2-3-5-4/h2-3H,1H3/b3-2+. The maximum absolute atomic E-state index is 5.13. The zero-order chi connectivity index (χ0) is 4.12. The largest absolute Gasteiger partial charge is 0.0801 e. The van der Waals surface area contributed by atoms with Crippen molar-refractivity contribution in [3.63, 3.8) is 0 Å². The topological polar surface area (TPSA) is 0 Å². The molecule has 0 spiro atoms. The zero-order valence-corrected chi connectivity index (χ0v) is 4.51. The van der Waals surface area contributed by atoms with E-state index in [2.05, 4.69) is 0 Å². The number of allylic oxidation sites excluding steroid dienone is 1. The average Bonchev–Trinajstić information content (AvgIpc) is 1.41. The molecule has 0 heterocycles. The van der Waals surface area contributed by atoms with Crippen LogP contribution < -0.4 is 0 Å². The zero-order valence-electron chi connectivity index (χ0n) is 2.94. The van der Waals surface area contributed by atoms with Gasteiger partial charge in [0, 0.05) is 0 Å². The number of hydrogen-bond acceptors (Lipinski definition) is 1. The van der Waals surface area contributed by atoms with Gasteiger partial charge in [-0.15, -0.1) is 0 Å². The Morgan fingerprint density at radius 2 is 2.40 bits per heavy atom. The van der Waals surface area contributed by atoms with Crippen molar-refractivity contribution in [1.29, 1.82) is 0 Å². The first-order valence-corrected chi connectivity index (χ1v) is 3.01. The van der Waals surface area contributed by atoms with Crippen molar-refractivity contribution in [1.82, 2.24) is 0 Å². The van der Waals surface area contributed by atoms with Crippen LogP contribution in [0.4, 0.5) is 0 Å². The van der Waals surface area contributed by atoms with Crippen LogP contribution in [0.5, 0.6) is 0 Å².